The van der Waals surface area contributed by atoms with Crippen LogP contribution in [0.4, 0.5) is 0 Å². The van der Waals surface area contributed by atoms with Crippen molar-refractivity contribution in [1.29, 1.82) is 0 Å². The first kappa shape index (κ1) is 23.6. The monoisotopic (exact) mass is 587 g/mol. The lowest BCUT2D eigenvalue weighted by Gasteiger charge is -2.10. The molecule has 10 aromatic rings. The van der Waals surface area contributed by atoms with Gasteiger partial charge in [0.25, 0.3) is 0 Å². The third-order valence-corrected chi connectivity index (χ3v) is 8.97. The van der Waals surface area contributed by atoms with E-state index in [1.54, 1.807) is 30.1 Å². The molecule has 0 unspecified atom stereocenters. The molecule has 0 fully saturated rings. The second-order valence-electron chi connectivity index (χ2n) is 10.5. The first-order chi connectivity index (χ1) is 21.8. The SMILES string of the molecule is c1ccc2c(c1)oc1c(-c3ncc(-c4cnc(-c5ccnc6c5oc5ccccc56)c5scnc45)c4[nH]cnc34)ccnc12. The highest BCUT2D eigenvalue weighted by molar-refractivity contribution is 7.17. The van der Waals surface area contributed by atoms with Gasteiger partial charge in [0.05, 0.1) is 33.3 Å². The molecule has 8 aromatic heterocycles. The van der Waals surface area contributed by atoms with Crippen LogP contribution in [0.5, 0.6) is 0 Å². The van der Waals surface area contributed by atoms with Crippen molar-refractivity contribution in [3.8, 4) is 33.6 Å². The lowest BCUT2D eigenvalue weighted by molar-refractivity contribution is 0.668. The number of nitrogens with one attached hydrogen (secondary N) is 1. The average Bonchev–Trinajstić information content (AvgIpc) is 3.88. The minimum absolute atomic E-state index is 0.681. The Balaban J connectivity index is 1.16. The van der Waals surface area contributed by atoms with Crippen LogP contribution >= 0.6 is 11.3 Å². The molecule has 10 rings (SSSR count). The largest absolute Gasteiger partial charge is 0.454 e. The maximum absolute atomic E-state index is 6.28. The zero-order valence-electron chi connectivity index (χ0n) is 22.6. The molecule has 8 heterocycles. The van der Waals surface area contributed by atoms with Gasteiger partial charge in [-0.05, 0) is 36.4 Å². The summed E-state index contributed by atoms with van der Waals surface area (Å²) in [7, 11) is 0. The number of benzene rings is 2. The molecule has 0 aliphatic heterocycles. The molecule has 0 radical (unpaired) electrons. The highest BCUT2D eigenvalue weighted by Crippen LogP contribution is 2.42. The van der Waals surface area contributed by atoms with Crippen LogP contribution in [0.15, 0.2) is 106 Å². The van der Waals surface area contributed by atoms with Crippen molar-refractivity contribution in [2.24, 2.45) is 0 Å². The molecular weight excluding hydrogens is 570 g/mol. The van der Waals surface area contributed by atoms with E-state index in [2.05, 4.69) is 15.0 Å². The Hall–Kier alpha value is -6.00. The second kappa shape index (κ2) is 8.76. The first-order valence-electron chi connectivity index (χ1n) is 13.9. The zero-order valence-corrected chi connectivity index (χ0v) is 23.5. The van der Waals surface area contributed by atoms with Crippen molar-refractivity contribution in [2.45, 2.75) is 0 Å². The van der Waals surface area contributed by atoms with Crippen LogP contribution in [0, 0.1) is 0 Å². The molecule has 0 amide bonds. The van der Waals surface area contributed by atoms with E-state index in [0.29, 0.717) is 16.9 Å². The van der Waals surface area contributed by atoms with Gasteiger partial charge in [-0.3, -0.25) is 19.9 Å². The number of fused-ring (bicyclic) bond motifs is 8. The van der Waals surface area contributed by atoms with Gasteiger partial charge in [0.2, 0.25) is 0 Å². The van der Waals surface area contributed by atoms with E-state index >= 15 is 0 Å². The van der Waals surface area contributed by atoms with Gasteiger partial charge in [-0.2, -0.15) is 0 Å². The summed E-state index contributed by atoms with van der Waals surface area (Å²) in [5.74, 6) is 0. The maximum atomic E-state index is 6.28. The van der Waals surface area contributed by atoms with E-state index in [1.165, 1.54) is 0 Å². The van der Waals surface area contributed by atoms with Gasteiger partial charge >= 0.3 is 0 Å². The number of aromatic nitrogens is 7. The molecule has 1 N–H and O–H groups in total. The average molecular weight is 588 g/mol. The van der Waals surface area contributed by atoms with Gasteiger partial charge in [0.15, 0.2) is 11.2 Å². The van der Waals surface area contributed by atoms with Crippen LogP contribution in [0.25, 0.3) is 99.0 Å². The molecule has 0 spiro atoms. The van der Waals surface area contributed by atoms with Crippen LogP contribution in [0.2, 0.25) is 0 Å². The van der Waals surface area contributed by atoms with Crippen molar-refractivity contribution in [2.75, 3.05) is 0 Å². The molecule has 0 atom stereocenters. The molecule has 206 valence electrons. The Morgan fingerprint density at radius 2 is 1.18 bits per heavy atom. The maximum Gasteiger partial charge on any atom is 0.163 e. The molecular formula is C34H17N7O2S. The van der Waals surface area contributed by atoms with Gasteiger partial charge in [-0.25, -0.2) is 9.97 Å². The van der Waals surface area contributed by atoms with Gasteiger partial charge in [-0.15, -0.1) is 11.3 Å². The van der Waals surface area contributed by atoms with E-state index in [4.69, 9.17) is 28.8 Å². The summed E-state index contributed by atoms with van der Waals surface area (Å²) in [6, 6.07) is 19.7. The van der Waals surface area contributed by atoms with Crippen molar-refractivity contribution < 1.29 is 8.83 Å². The van der Waals surface area contributed by atoms with Gasteiger partial charge in [0.1, 0.15) is 33.4 Å². The highest BCUT2D eigenvalue weighted by Gasteiger charge is 2.23. The topological polar surface area (TPSA) is 119 Å². The number of para-hydroxylation sites is 2. The van der Waals surface area contributed by atoms with E-state index in [0.717, 1.165) is 82.2 Å². The minimum atomic E-state index is 0.681. The normalized spacial score (nSPS) is 12.1. The molecule has 0 aliphatic rings. The van der Waals surface area contributed by atoms with Crippen molar-refractivity contribution >= 4 is 76.7 Å². The number of H-pyrrole nitrogens is 1. The number of imidazole rings is 1. The van der Waals surface area contributed by atoms with E-state index in [9.17, 15) is 0 Å². The molecule has 0 bridgehead atoms. The standard InChI is InChI=1S/C34H17N7O2S/c1-3-7-23-17(5-1)27-32(42-23)19(9-11-35-27)25-31-26(39-15-40-31)21(13-37-25)22-14-38-29(34-30(22)41-16-44-34)20-10-12-36-28-18-6-2-4-8-24(18)43-33(20)28/h1-16H,(H,39,40). The summed E-state index contributed by atoms with van der Waals surface area (Å²) in [6.45, 7) is 0. The number of thiazole rings is 1. The Kier molecular flexibility index (Phi) is 4.69. The predicted molar refractivity (Wildman–Crippen MR) is 171 cm³/mol. The molecule has 9 nitrogen and oxygen atoms in total. The Labute approximate surface area is 250 Å². The van der Waals surface area contributed by atoms with Gasteiger partial charge < -0.3 is 13.8 Å². The lowest BCUT2D eigenvalue weighted by atomic mass is 10.0. The van der Waals surface area contributed by atoms with Crippen LogP contribution < -0.4 is 0 Å². The van der Waals surface area contributed by atoms with Crippen LogP contribution in [0.1, 0.15) is 0 Å². The quantitative estimate of drug-likeness (QED) is 0.218. The number of rotatable bonds is 3. The number of nitrogens with zero attached hydrogens (tertiary/aromatic N) is 6. The fourth-order valence-corrected chi connectivity index (χ4v) is 6.97. The first-order valence-corrected chi connectivity index (χ1v) is 14.8. The summed E-state index contributed by atoms with van der Waals surface area (Å²) < 4.78 is 13.5. The summed E-state index contributed by atoms with van der Waals surface area (Å²) in [5, 5.41) is 1.94. The second-order valence-corrected chi connectivity index (χ2v) is 11.3. The van der Waals surface area contributed by atoms with Gasteiger partial charge in [0, 0.05) is 57.8 Å². The fourth-order valence-electron chi connectivity index (χ4n) is 6.16. The fraction of sp³-hybridized carbons (Fsp3) is 0. The highest BCUT2D eigenvalue weighted by atomic mass is 32.1. The van der Waals surface area contributed by atoms with Crippen LogP contribution in [-0.2, 0) is 0 Å². The zero-order chi connectivity index (χ0) is 28.8. The molecule has 0 aliphatic carbocycles. The molecule has 44 heavy (non-hydrogen) atoms. The number of furan rings is 2. The molecule has 0 saturated carbocycles. The number of hydrogen-bond acceptors (Lipinski definition) is 9. The molecule has 0 saturated heterocycles. The summed E-state index contributed by atoms with van der Waals surface area (Å²) in [4.78, 5) is 32.0. The molecule has 10 heteroatoms. The summed E-state index contributed by atoms with van der Waals surface area (Å²) in [5.41, 5.74) is 13.7. The minimum Gasteiger partial charge on any atom is -0.454 e. The van der Waals surface area contributed by atoms with Crippen molar-refractivity contribution in [3.05, 3.63) is 97.3 Å². The molecule has 2 aromatic carbocycles. The Morgan fingerprint density at radius 3 is 1.91 bits per heavy atom. The lowest BCUT2D eigenvalue weighted by Crippen LogP contribution is -1.93. The van der Waals surface area contributed by atoms with Crippen molar-refractivity contribution in [1.82, 2.24) is 34.9 Å². The Morgan fingerprint density at radius 1 is 0.545 bits per heavy atom. The Bertz CT molecular complexity index is 2560. The van der Waals surface area contributed by atoms with E-state index in [1.807, 2.05) is 78.6 Å². The predicted octanol–water partition coefficient (Wildman–Crippen LogP) is 8.55. The summed E-state index contributed by atoms with van der Waals surface area (Å²) in [6.07, 6.45) is 8.98. The smallest absolute Gasteiger partial charge is 0.163 e. The summed E-state index contributed by atoms with van der Waals surface area (Å²) >= 11 is 1.54. The number of hydrogen-bond donors (Lipinski definition) is 1. The van der Waals surface area contributed by atoms with Gasteiger partial charge in [-0.1, -0.05) is 24.3 Å². The number of pyridine rings is 4. The van der Waals surface area contributed by atoms with Crippen molar-refractivity contribution in [3.63, 3.8) is 0 Å². The van der Waals surface area contributed by atoms with E-state index < -0.39 is 0 Å². The third-order valence-electron chi connectivity index (χ3n) is 8.13. The third kappa shape index (κ3) is 3.17. The van der Waals surface area contributed by atoms with E-state index in [-0.39, 0.29) is 0 Å². The van der Waals surface area contributed by atoms with Crippen LogP contribution in [0.3, 0.4) is 0 Å². The van der Waals surface area contributed by atoms with Crippen LogP contribution in [-0.4, -0.2) is 34.9 Å². The number of aromatic amines is 1.